The molecule has 3 nitrogen and oxygen atoms in total. The number of hydrogen-bond donors (Lipinski definition) is 1. The van der Waals surface area contributed by atoms with Crippen LogP contribution in [0.5, 0.6) is 0 Å². The van der Waals surface area contributed by atoms with Crippen LogP contribution in [0.4, 0.5) is 18.9 Å². The molecule has 0 unspecified atom stereocenters. The molecule has 1 aromatic rings. The van der Waals surface area contributed by atoms with Crippen molar-refractivity contribution >= 4 is 57.4 Å². The second-order valence-electron chi connectivity index (χ2n) is 3.24. The summed E-state index contributed by atoms with van der Waals surface area (Å²) in [5.74, 6) is 0. The van der Waals surface area contributed by atoms with Gasteiger partial charge in [0.25, 0.3) is 0 Å². The fraction of sp³-hybridized carbons (Fsp3) is 0.200. The molecule has 108 valence electrons. The third-order valence-electron chi connectivity index (χ3n) is 2.01. The largest absolute Gasteiger partial charge is 0.417 e. The summed E-state index contributed by atoms with van der Waals surface area (Å²) >= 11 is 18.2. The molecule has 0 heterocycles. The van der Waals surface area contributed by atoms with Gasteiger partial charge in [0.15, 0.2) is 11.4 Å². The van der Waals surface area contributed by atoms with Gasteiger partial charge in [-0.25, -0.2) is 4.99 Å². The lowest BCUT2D eigenvalue weighted by Crippen LogP contribution is -2.12. The Hall–Kier alpha value is -0.810. The Kier molecular flexibility index (Phi) is 5.83. The summed E-state index contributed by atoms with van der Waals surface area (Å²) < 4.78 is 38.1. The number of halogens is 6. The molecule has 0 atom stereocenters. The Bertz CT molecular complexity index is 596. The van der Waals surface area contributed by atoms with Gasteiger partial charge in [-0.05, 0) is 12.3 Å². The van der Waals surface area contributed by atoms with Gasteiger partial charge in [0.2, 0.25) is 0 Å². The maximum absolute atomic E-state index is 12.7. The van der Waals surface area contributed by atoms with Crippen LogP contribution in [0.15, 0.2) is 11.1 Å². The summed E-state index contributed by atoms with van der Waals surface area (Å²) in [6, 6.07) is 0.638. The molecule has 0 fully saturated rings. The molecule has 1 aromatic carbocycles. The number of amidine groups is 1. The third-order valence-corrected chi connectivity index (χ3v) is 3.73. The fourth-order valence-corrected chi connectivity index (χ4v) is 2.29. The van der Waals surface area contributed by atoms with E-state index in [9.17, 15) is 13.2 Å². The van der Waals surface area contributed by atoms with E-state index in [1.807, 2.05) is 0 Å². The van der Waals surface area contributed by atoms with Gasteiger partial charge < -0.3 is 0 Å². The molecule has 0 aromatic heterocycles. The minimum atomic E-state index is -4.68. The predicted molar refractivity (Wildman–Crippen MR) is 75.8 cm³/mol. The summed E-state index contributed by atoms with van der Waals surface area (Å²) in [5, 5.41) is 9.40. The molecule has 0 aliphatic rings. The second kappa shape index (κ2) is 6.76. The molecule has 0 aliphatic heterocycles. The maximum atomic E-state index is 12.7. The number of benzene rings is 1. The smallest absolute Gasteiger partial charge is 0.271 e. The Balaban J connectivity index is 3.46. The molecule has 0 aliphatic carbocycles. The highest BCUT2D eigenvalue weighted by Crippen LogP contribution is 2.46. The molecule has 0 amide bonds. The average Bonchev–Trinajstić information content (AvgIpc) is 2.36. The fourth-order valence-electron chi connectivity index (χ4n) is 1.17. The first-order chi connectivity index (χ1) is 9.22. The van der Waals surface area contributed by atoms with Crippen molar-refractivity contribution in [2.75, 3.05) is 6.26 Å². The molecule has 0 radical (unpaired) electrons. The molecular formula is C10H5Cl3F3N3S. The zero-order valence-corrected chi connectivity index (χ0v) is 12.7. The molecule has 10 heteroatoms. The van der Waals surface area contributed by atoms with Crippen molar-refractivity contribution in [3.63, 3.8) is 0 Å². The van der Waals surface area contributed by atoms with E-state index in [1.54, 1.807) is 12.4 Å². The zero-order valence-electron chi connectivity index (χ0n) is 9.65. The van der Waals surface area contributed by atoms with Crippen LogP contribution >= 0.6 is 46.6 Å². The van der Waals surface area contributed by atoms with Crippen LogP contribution in [0.25, 0.3) is 0 Å². The van der Waals surface area contributed by atoms with Crippen molar-refractivity contribution in [1.29, 1.82) is 5.26 Å². The van der Waals surface area contributed by atoms with E-state index < -0.39 is 21.8 Å². The van der Waals surface area contributed by atoms with Gasteiger partial charge in [-0.15, -0.1) is 0 Å². The van der Waals surface area contributed by atoms with Crippen molar-refractivity contribution in [2.45, 2.75) is 6.18 Å². The van der Waals surface area contributed by atoms with Crippen molar-refractivity contribution in [1.82, 2.24) is 5.32 Å². The molecule has 0 saturated carbocycles. The maximum Gasteiger partial charge on any atom is 0.417 e. The van der Waals surface area contributed by atoms with E-state index in [-0.39, 0.29) is 15.9 Å². The van der Waals surface area contributed by atoms with Crippen LogP contribution in [0.1, 0.15) is 5.56 Å². The molecule has 1 rings (SSSR count). The van der Waals surface area contributed by atoms with Crippen molar-refractivity contribution < 1.29 is 13.2 Å². The third kappa shape index (κ3) is 3.85. The van der Waals surface area contributed by atoms with Crippen LogP contribution in [0.2, 0.25) is 15.1 Å². The van der Waals surface area contributed by atoms with E-state index in [1.165, 1.54) is 0 Å². The summed E-state index contributed by atoms with van der Waals surface area (Å²) in [5.41, 5.74) is -1.29. The van der Waals surface area contributed by atoms with E-state index in [4.69, 9.17) is 40.1 Å². The van der Waals surface area contributed by atoms with Crippen molar-refractivity contribution in [2.24, 2.45) is 4.99 Å². The number of aliphatic imine (C=N–C) groups is 1. The van der Waals surface area contributed by atoms with Crippen molar-refractivity contribution in [3.8, 4) is 6.19 Å². The number of hydrogen-bond acceptors (Lipinski definition) is 3. The normalized spacial score (nSPS) is 12.2. The van der Waals surface area contributed by atoms with Crippen LogP contribution in [-0.4, -0.2) is 11.4 Å². The van der Waals surface area contributed by atoms with Crippen LogP contribution in [0, 0.1) is 11.5 Å². The molecule has 0 saturated heterocycles. The summed E-state index contributed by atoms with van der Waals surface area (Å²) in [7, 11) is 0. The van der Waals surface area contributed by atoms with Gasteiger partial charge in [-0.2, -0.15) is 18.4 Å². The van der Waals surface area contributed by atoms with Gasteiger partial charge in [-0.3, -0.25) is 5.32 Å². The standard InChI is InChI=1S/C10H5Cl3F3N3S/c1-20-9(18-3-17)19-8-5(11)2-4(10(14,15)16)6(12)7(8)13/h2H,1H3,(H,18,19). The van der Waals surface area contributed by atoms with Gasteiger partial charge >= 0.3 is 6.18 Å². The average molecular weight is 363 g/mol. The number of alkyl halides is 3. The summed E-state index contributed by atoms with van der Waals surface area (Å²) in [4.78, 5) is 3.88. The van der Waals surface area contributed by atoms with Crippen LogP contribution in [0.3, 0.4) is 0 Å². The first-order valence-electron chi connectivity index (χ1n) is 4.74. The minimum absolute atomic E-state index is 0.118. The molecule has 20 heavy (non-hydrogen) atoms. The minimum Gasteiger partial charge on any atom is -0.271 e. The molecule has 0 bridgehead atoms. The Morgan fingerprint density at radius 2 is 1.95 bits per heavy atom. The number of nitriles is 1. The van der Waals surface area contributed by atoms with Gasteiger partial charge in [0, 0.05) is 0 Å². The highest BCUT2D eigenvalue weighted by molar-refractivity contribution is 8.13. The SMILES string of the molecule is CSC(=Nc1c(Cl)cc(C(F)(F)F)c(Cl)c1Cl)NC#N. The Labute approximate surface area is 131 Å². The molecule has 0 spiro atoms. The number of nitrogens with zero attached hydrogens (tertiary/aromatic N) is 2. The monoisotopic (exact) mass is 361 g/mol. The quantitative estimate of drug-likeness (QED) is 0.249. The Morgan fingerprint density at radius 3 is 2.40 bits per heavy atom. The van der Waals surface area contributed by atoms with Gasteiger partial charge in [-0.1, -0.05) is 46.6 Å². The molecular weight excluding hydrogens is 358 g/mol. The number of thioether (sulfide) groups is 1. The Morgan fingerprint density at radius 1 is 1.35 bits per heavy atom. The molecule has 1 N–H and O–H groups in total. The number of nitrogens with one attached hydrogen (secondary N) is 1. The second-order valence-corrected chi connectivity index (χ2v) is 5.20. The predicted octanol–water partition coefficient (Wildman–Crippen LogP) is 5.09. The first kappa shape index (κ1) is 17.2. The zero-order chi connectivity index (χ0) is 15.5. The van der Waals surface area contributed by atoms with Gasteiger partial charge in [0.1, 0.15) is 5.69 Å². The lowest BCUT2D eigenvalue weighted by atomic mass is 10.2. The summed E-state index contributed by atoms with van der Waals surface area (Å²) in [6.07, 6.45) is -1.45. The van der Waals surface area contributed by atoms with Crippen LogP contribution in [-0.2, 0) is 6.18 Å². The van der Waals surface area contributed by atoms with E-state index in [2.05, 4.69) is 10.3 Å². The highest BCUT2D eigenvalue weighted by Gasteiger charge is 2.35. The lowest BCUT2D eigenvalue weighted by Gasteiger charge is -2.13. The van der Waals surface area contributed by atoms with Crippen molar-refractivity contribution in [3.05, 3.63) is 26.7 Å². The van der Waals surface area contributed by atoms with Gasteiger partial charge in [0.05, 0.1) is 20.6 Å². The van der Waals surface area contributed by atoms with E-state index in [0.29, 0.717) is 6.07 Å². The number of rotatable bonds is 1. The lowest BCUT2D eigenvalue weighted by molar-refractivity contribution is -0.137. The summed E-state index contributed by atoms with van der Waals surface area (Å²) in [6.45, 7) is 0. The highest BCUT2D eigenvalue weighted by atomic mass is 35.5. The van der Waals surface area contributed by atoms with E-state index in [0.717, 1.165) is 11.8 Å². The van der Waals surface area contributed by atoms with Crippen LogP contribution < -0.4 is 5.32 Å². The van der Waals surface area contributed by atoms with E-state index >= 15 is 0 Å². The first-order valence-corrected chi connectivity index (χ1v) is 7.10. The topological polar surface area (TPSA) is 48.2 Å².